The lowest BCUT2D eigenvalue weighted by atomic mass is 9.86. The van der Waals surface area contributed by atoms with Crippen molar-refractivity contribution < 1.29 is 9.18 Å². The number of fused-ring (bicyclic) bond motifs is 1. The number of aromatic nitrogens is 2. The third kappa shape index (κ3) is 3.85. The van der Waals surface area contributed by atoms with Crippen molar-refractivity contribution in [2.45, 2.75) is 23.2 Å². The number of amides is 1. The van der Waals surface area contributed by atoms with Gasteiger partial charge in [0.05, 0.1) is 5.56 Å². The number of halogens is 3. The first kappa shape index (κ1) is 20.9. The number of rotatable bonds is 4. The van der Waals surface area contributed by atoms with Crippen LogP contribution in [0.15, 0.2) is 52.4 Å². The summed E-state index contributed by atoms with van der Waals surface area (Å²) in [5.74, 6) is -0.543. The fraction of sp³-hybridized carbons (Fsp3) is 0.190. The van der Waals surface area contributed by atoms with Gasteiger partial charge in [-0.25, -0.2) is 4.39 Å². The molecule has 3 aromatic rings. The van der Waals surface area contributed by atoms with E-state index < -0.39 is 11.5 Å². The van der Waals surface area contributed by atoms with Crippen molar-refractivity contribution >= 4 is 46.7 Å². The van der Waals surface area contributed by atoms with Crippen LogP contribution in [0.3, 0.4) is 0 Å². The Morgan fingerprint density at radius 1 is 1.13 bits per heavy atom. The lowest BCUT2D eigenvalue weighted by Gasteiger charge is -2.28. The molecule has 2 heterocycles. The Kier molecular flexibility index (Phi) is 5.86. The third-order valence-corrected chi connectivity index (χ3v) is 6.70. The molecule has 0 saturated carbocycles. The third-order valence-electron chi connectivity index (χ3n) is 4.96. The van der Waals surface area contributed by atoms with Gasteiger partial charge < -0.3 is 9.88 Å². The van der Waals surface area contributed by atoms with Crippen LogP contribution < -0.4 is 10.9 Å². The Morgan fingerprint density at radius 2 is 1.83 bits per heavy atom. The fourth-order valence-corrected chi connectivity index (χ4v) is 5.12. The number of thioether (sulfide) groups is 1. The zero-order chi connectivity index (χ0) is 21.4. The molecule has 1 aromatic heterocycles. The van der Waals surface area contributed by atoms with Crippen LogP contribution in [0.1, 0.15) is 29.0 Å². The van der Waals surface area contributed by atoms with E-state index in [4.69, 9.17) is 23.2 Å². The topological polar surface area (TPSA) is 64.0 Å². The van der Waals surface area contributed by atoms with Gasteiger partial charge in [-0.2, -0.15) is 4.98 Å². The van der Waals surface area contributed by atoms with Crippen molar-refractivity contribution in [3.05, 3.63) is 85.4 Å². The maximum absolute atomic E-state index is 13.9. The molecule has 1 aliphatic heterocycles. The number of carbonyl (C=O) groups is 1. The highest BCUT2D eigenvalue weighted by Crippen LogP contribution is 2.41. The molecule has 5 nitrogen and oxygen atoms in total. The van der Waals surface area contributed by atoms with E-state index in [2.05, 4.69) is 10.3 Å². The zero-order valence-corrected chi connectivity index (χ0v) is 18.1. The van der Waals surface area contributed by atoms with Gasteiger partial charge in [0.1, 0.15) is 11.6 Å². The number of hydrogen-bond donors (Lipinski definition) is 1. The number of nitrogens with one attached hydrogen (secondary N) is 1. The normalized spacial score (nSPS) is 15.6. The highest BCUT2D eigenvalue weighted by Gasteiger charge is 2.34. The molecule has 0 radical (unpaired) electrons. The van der Waals surface area contributed by atoms with Crippen LogP contribution in [0.2, 0.25) is 10.0 Å². The molecule has 0 spiro atoms. The summed E-state index contributed by atoms with van der Waals surface area (Å²) in [5, 5.41) is 3.90. The van der Waals surface area contributed by atoms with E-state index in [1.54, 1.807) is 48.0 Å². The molecular weight excluding hydrogens is 448 g/mol. The van der Waals surface area contributed by atoms with Gasteiger partial charge in [-0.1, -0.05) is 59.2 Å². The average Bonchev–Trinajstić information content (AvgIpc) is 2.70. The van der Waals surface area contributed by atoms with E-state index in [9.17, 15) is 14.0 Å². The predicted molar refractivity (Wildman–Crippen MR) is 117 cm³/mol. The minimum atomic E-state index is -0.605. The first-order valence-electron chi connectivity index (χ1n) is 9.07. The number of carbonyl (C=O) groups excluding carboxylic acids is 1. The van der Waals surface area contributed by atoms with Crippen LogP contribution in [-0.2, 0) is 17.6 Å². The first-order valence-corrected chi connectivity index (χ1v) is 10.8. The first-order chi connectivity index (χ1) is 14.4. The standard InChI is InChI=1S/C21H16Cl2FN3O2S/c1-27-19-18(12(9-16(28)25-19)17-13(22)6-4-7-14(17)23)20(29)26-21(27)30-10-11-5-2-3-8-15(11)24/h2-8,12H,9-10H2,1H3,(H,25,28). The van der Waals surface area contributed by atoms with Crippen LogP contribution in [0.25, 0.3) is 0 Å². The van der Waals surface area contributed by atoms with Crippen LogP contribution >= 0.6 is 35.0 Å². The fourth-order valence-electron chi connectivity index (χ4n) is 3.51. The summed E-state index contributed by atoms with van der Waals surface area (Å²) in [4.78, 5) is 29.6. The molecule has 30 heavy (non-hydrogen) atoms. The van der Waals surface area contributed by atoms with E-state index >= 15 is 0 Å². The van der Waals surface area contributed by atoms with Gasteiger partial charge in [-0.3, -0.25) is 9.59 Å². The molecule has 2 aromatic carbocycles. The van der Waals surface area contributed by atoms with E-state index in [-0.39, 0.29) is 18.1 Å². The Bertz CT molecular complexity index is 1200. The molecule has 1 N–H and O–H groups in total. The van der Waals surface area contributed by atoms with Gasteiger partial charge in [0.25, 0.3) is 5.56 Å². The molecule has 154 valence electrons. The summed E-state index contributed by atoms with van der Waals surface area (Å²) in [6.45, 7) is 0. The Labute approximate surface area is 186 Å². The van der Waals surface area contributed by atoms with Crippen LogP contribution in [0, 0.1) is 5.82 Å². The molecule has 1 aliphatic rings. The van der Waals surface area contributed by atoms with Crippen LogP contribution in [0.4, 0.5) is 10.2 Å². The number of hydrogen-bond acceptors (Lipinski definition) is 4. The van der Waals surface area contributed by atoms with E-state index in [0.29, 0.717) is 43.5 Å². The highest BCUT2D eigenvalue weighted by atomic mass is 35.5. The minimum absolute atomic E-state index is 0.0368. The second-order valence-electron chi connectivity index (χ2n) is 6.84. The largest absolute Gasteiger partial charge is 0.312 e. The molecule has 1 amide bonds. The lowest BCUT2D eigenvalue weighted by Crippen LogP contribution is -2.33. The number of nitrogens with zero attached hydrogens (tertiary/aromatic N) is 2. The van der Waals surface area contributed by atoms with Crippen molar-refractivity contribution in [1.82, 2.24) is 9.55 Å². The minimum Gasteiger partial charge on any atom is -0.312 e. The van der Waals surface area contributed by atoms with Gasteiger partial charge in [0, 0.05) is 35.2 Å². The summed E-state index contributed by atoms with van der Waals surface area (Å²) < 4.78 is 15.6. The van der Waals surface area contributed by atoms with Gasteiger partial charge in [-0.15, -0.1) is 0 Å². The monoisotopic (exact) mass is 463 g/mol. The van der Waals surface area contributed by atoms with Gasteiger partial charge in [-0.05, 0) is 29.3 Å². The van der Waals surface area contributed by atoms with Crippen molar-refractivity contribution in [1.29, 1.82) is 0 Å². The lowest BCUT2D eigenvalue weighted by molar-refractivity contribution is -0.116. The quantitative estimate of drug-likeness (QED) is 0.437. The summed E-state index contributed by atoms with van der Waals surface area (Å²) in [6, 6.07) is 11.5. The van der Waals surface area contributed by atoms with Crippen LogP contribution in [0.5, 0.6) is 0 Å². The Balaban J connectivity index is 1.77. The SMILES string of the molecule is Cn1c(SCc2ccccc2F)nc(=O)c2c1NC(=O)CC2c1c(Cl)cccc1Cl. The number of benzene rings is 2. The summed E-state index contributed by atoms with van der Waals surface area (Å²) >= 11 is 13.9. The molecule has 0 aliphatic carbocycles. The van der Waals surface area contributed by atoms with Crippen molar-refractivity contribution in [2.24, 2.45) is 7.05 Å². The molecule has 1 atom stereocenters. The van der Waals surface area contributed by atoms with E-state index in [1.807, 2.05) is 0 Å². The average molecular weight is 464 g/mol. The second-order valence-corrected chi connectivity index (χ2v) is 8.60. The van der Waals surface area contributed by atoms with Crippen molar-refractivity contribution in [3.8, 4) is 0 Å². The summed E-state index contributed by atoms with van der Waals surface area (Å²) in [6.07, 6.45) is 0.0368. The van der Waals surface area contributed by atoms with Crippen molar-refractivity contribution in [3.63, 3.8) is 0 Å². The zero-order valence-electron chi connectivity index (χ0n) is 15.8. The van der Waals surface area contributed by atoms with E-state index in [1.165, 1.54) is 17.8 Å². The molecule has 0 bridgehead atoms. The smallest absolute Gasteiger partial charge is 0.279 e. The maximum atomic E-state index is 13.9. The molecule has 0 saturated heterocycles. The molecule has 1 unspecified atom stereocenters. The Hall–Kier alpha value is -2.35. The van der Waals surface area contributed by atoms with E-state index in [0.717, 1.165) is 0 Å². The summed E-state index contributed by atoms with van der Waals surface area (Å²) in [7, 11) is 1.70. The molecular formula is C21H16Cl2FN3O2S. The molecule has 0 fully saturated rings. The molecule has 9 heteroatoms. The predicted octanol–water partition coefficient (Wildman–Crippen LogP) is 4.99. The van der Waals surface area contributed by atoms with Crippen molar-refractivity contribution in [2.75, 3.05) is 5.32 Å². The molecule has 4 rings (SSSR count). The summed E-state index contributed by atoms with van der Waals surface area (Å²) in [5.41, 5.74) is 0.893. The van der Waals surface area contributed by atoms with Gasteiger partial charge >= 0.3 is 0 Å². The van der Waals surface area contributed by atoms with Gasteiger partial charge in [0.15, 0.2) is 5.16 Å². The van der Waals surface area contributed by atoms with Crippen LogP contribution in [-0.4, -0.2) is 15.5 Å². The van der Waals surface area contributed by atoms with Gasteiger partial charge in [0.2, 0.25) is 5.91 Å². The highest BCUT2D eigenvalue weighted by molar-refractivity contribution is 7.98. The number of anilines is 1. The Morgan fingerprint density at radius 3 is 2.53 bits per heavy atom. The maximum Gasteiger partial charge on any atom is 0.279 e. The second kappa shape index (κ2) is 8.41.